The van der Waals surface area contributed by atoms with Gasteiger partial charge in [0.2, 0.25) is 0 Å². The largest absolute Gasteiger partial charge is 0.375 e. The predicted molar refractivity (Wildman–Crippen MR) is 118 cm³/mol. The van der Waals surface area contributed by atoms with E-state index in [9.17, 15) is 0 Å². The van der Waals surface area contributed by atoms with Crippen LogP contribution in [-0.2, 0) is 4.74 Å². The molecule has 158 valence electrons. The van der Waals surface area contributed by atoms with Crippen molar-refractivity contribution in [1.29, 1.82) is 0 Å². The van der Waals surface area contributed by atoms with Crippen molar-refractivity contribution in [3.63, 3.8) is 0 Å². The summed E-state index contributed by atoms with van der Waals surface area (Å²) in [6.45, 7) is 15.6. The molecule has 1 saturated heterocycles. The van der Waals surface area contributed by atoms with E-state index in [-0.39, 0.29) is 0 Å². The van der Waals surface area contributed by atoms with Gasteiger partial charge in [-0.05, 0) is 76.9 Å². The normalized spacial score (nSPS) is 22.2. The molecule has 2 saturated carbocycles. The van der Waals surface area contributed by atoms with Gasteiger partial charge in [0.15, 0.2) is 0 Å². The minimum absolute atomic E-state index is 0.633. The van der Waals surface area contributed by atoms with Crippen molar-refractivity contribution >= 4 is 0 Å². The van der Waals surface area contributed by atoms with E-state index in [1.807, 2.05) is 13.8 Å². The molecule has 1 heterocycles. The first-order chi connectivity index (χ1) is 12.6. The first kappa shape index (κ1) is 25.9. The molecule has 0 atom stereocenters. The predicted octanol–water partition coefficient (Wildman–Crippen LogP) is 7.31. The molecule has 0 aromatic rings. The number of likely N-dealkylation sites (tertiary alicyclic amines) is 1. The van der Waals surface area contributed by atoms with Crippen LogP contribution in [0.3, 0.4) is 0 Å². The molecule has 1 aliphatic heterocycles. The number of hydrogen-bond donors (Lipinski definition) is 0. The SMILES string of the molecule is C1CCC(OC2CCC2)CC1.CC.CC(C)C1CCN(C)CC1.CCC. The summed E-state index contributed by atoms with van der Waals surface area (Å²) in [5.74, 6) is 1.89. The Hall–Kier alpha value is -0.0800. The van der Waals surface area contributed by atoms with Crippen molar-refractivity contribution < 1.29 is 4.74 Å². The third kappa shape index (κ3) is 12.3. The molecule has 0 amide bonds. The molecule has 3 rings (SSSR count). The monoisotopic (exact) mass is 369 g/mol. The molecule has 0 aromatic heterocycles. The van der Waals surface area contributed by atoms with E-state index < -0.39 is 0 Å². The molecule has 2 nitrogen and oxygen atoms in total. The molecule has 2 heteroatoms. The maximum atomic E-state index is 5.93. The summed E-state index contributed by atoms with van der Waals surface area (Å²) in [6, 6.07) is 0. The lowest BCUT2D eigenvalue weighted by Gasteiger charge is -2.32. The van der Waals surface area contributed by atoms with Gasteiger partial charge < -0.3 is 9.64 Å². The Labute approximate surface area is 166 Å². The lowest BCUT2D eigenvalue weighted by molar-refractivity contribution is -0.0644. The van der Waals surface area contributed by atoms with Crippen molar-refractivity contribution in [3.8, 4) is 0 Å². The molecule has 3 aliphatic rings. The van der Waals surface area contributed by atoms with E-state index in [0.717, 1.165) is 11.8 Å². The Morgan fingerprint density at radius 2 is 1.19 bits per heavy atom. The van der Waals surface area contributed by atoms with Crippen LogP contribution in [0.5, 0.6) is 0 Å². The average molecular weight is 370 g/mol. The van der Waals surface area contributed by atoms with Gasteiger partial charge in [-0.2, -0.15) is 0 Å². The summed E-state index contributed by atoms with van der Waals surface area (Å²) in [5.41, 5.74) is 0. The maximum Gasteiger partial charge on any atom is 0.0579 e. The highest BCUT2D eigenvalue weighted by Crippen LogP contribution is 2.28. The van der Waals surface area contributed by atoms with E-state index in [1.54, 1.807) is 0 Å². The van der Waals surface area contributed by atoms with E-state index in [4.69, 9.17) is 4.74 Å². The van der Waals surface area contributed by atoms with Crippen molar-refractivity contribution in [1.82, 2.24) is 4.90 Å². The second kappa shape index (κ2) is 17.0. The lowest BCUT2D eigenvalue weighted by atomic mass is 9.87. The van der Waals surface area contributed by atoms with Crippen LogP contribution in [0.2, 0.25) is 0 Å². The number of ether oxygens (including phenoxy) is 1. The summed E-state index contributed by atoms with van der Waals surface area (Å²) in [6.07, 6.45) is 16.3. The first-order valence-corrected chi connectivity index (χ1v) is 11.9. The molecular weight excluding hydrogens is 318 g/mol. The molecule has 0 radical (unpaired) electrons. The Kier molecular flexibility index (Phi) is 17.0. The topological polar surface area (TPSA) is 12.5 Å². The number of hydrogen-bond acceptors (Lipinski definition) is 2. The van der Waals surface area contributed by atoms with Gasteiger partial charge in [0.1, 0.15) is 0 Å². The zero-order chi connectivity index (χ0) is 19.8. The average Bonchev–Trinajstić information content (AvgIpc) is 2.62. The van der Waals surface area contributed by atoms with Crippen molar-refractivity contribution in [2.45, 2.75) is 124 Å². The maximum absolute atomic E-state index is 5.93. The van der Waals surface area contributed by atoms with Gasteiger partial charge in [0.05, 0.1) is 12.2 Å². The molecular formula is C24H51NO. The van der Waals surface area contributed by atoms with Crippen LogP contribution in [0.25, 0.3) is 0 Å². The summed E-state index contributed by atoms with van der Waals surface area (Å²) in [4.78, 5) is 2.43. The highest BCUT2D eigenvalue weighted by Gasteiger charge is 2.23. The summed E-state index contributed by atoms with van der Waals surface area (Å²) < 4.78 is 5.93. The van der Waals surface area contributed by atoms with Crippen LogP contribution >= 0.6 is 0 Å². The Balaban J connectivity index is 0.000000388. The standard InChI is InChI=1S/C10H18O.C9H19N.C3H8.C2H6/c1-2-5-9(6-3-1)11-10-7-4-8-10;1-8(2)9-4-6-10(3)7-5-9;1-3-2;1-2/h9-10H,1-8H2;8-9H,4-7H2,1-3H3;3H2,1-2H3;1-2H3. The summed E-state index contributed by atoms with van der Waals surface area (Å²) >= 11 is 0. The molecule has 0 unspecified atom stereocenters. The van der Waals surface area contributed by atoms with Crippen molar-refractivity contribution in [3.05, 3.63) is 0 Å². The van der Waals surface area contributed by atoms with Crippen LogP contribution in [0.4, 0.5) is 0 Å². The smallest absolute Gasteiger partial charge is 0.0579 e. The van der Waals surface area contributed by atoms with E-state index in [2.05, 4.69) is 39.6 Å². The highest BCUT2D eigenvalue weighted by molar-refractivity contribution is 4.74. The lowest BCUT2D eigenvalue weighted by Crippen LogP contribution is -2.32. The molecule has 0 spiro atoms. The third-order valence-corrected chi connectivity index (χ3v) is 5.70. The van der Waals surface area contributed by atoms with Crippen LogP contribution in [0.15, 0.2) is 0 Å². The van der Waals surface area contributed by atoms with Crippen molar-refractivity contribution in [2.75, 3.05) is 20.1 Å². The van der Waals surface area contributed by atoms with Crippen LogP contribution in [0.1, 0.15) is 112 Å². The van der Waals surface area contributed by atoms with Crippen molar-refractivity contribution in [2.24, 2.45) is 11.8 Å². The third-order valence-electron chi connectivity index (χ3n) is 5.70. The number of nitrogens with zero attached hydrogens (tertiary/aromatic N) is 1. The zero-order valence-corrected chi connectivity index (χ0v) is 19.4. The number of piperidine rings is 1. The number of rotatable bonds is 3. The zero-order valence-electron chi connectivity index (χ0n) is 19.4. The van der Waals surface area contributed by atoms with Gasteiger partial charge in [-0.1, -0.05) is 67.2 Å². The Bertz CT molecular complexity index is 274. The minimum atomic E-state index is 0.633. The van der Waals surface area contributed by atoms with Crippen LogP contribution in [0, 0.1) is 11.8 Å². The van der Waals surface area contributed by atoms with Gasteiger partial charge in [-0.3, -0.25) is 0 Å². The second-order valence-corrected chi connectivity index (χ2v) is 8.54. The van der Waals surface area contributed by atoms with Crippen LogP contribution in [-0.4, -0.2) is 37.2 Å². The molecule has 2 aliphatic carbocycles. The summed E-state index contributed by atoms with van der Waals surface area (Å²) in [7, 11) is 2.22. The fraction of sp³-hybridized carbons (Fsp3) is 1.00. The molecule has 0 bridgehead atoms. The fourth-order valence-electron chi connectivity index (χ4n) is 3.68. The molecule has 0 aromatic carbocycles. The van der Waals surface area contributed by atoms with Gasteiger partial charge in [0, 0.05) is 0 Å². The molecule has 0 N–H and O–H groups in total. The summed E-state index contributed by atoms with van der Waals surface area (Å²) in [5, 5.41) is 0. The van der Waals surface area contributed by atoms with Crippen LogP contribution < -0.4 is 0 Å². The van der Waals surface area contributed by atoms with E-state index in [1.165, 1.54) is 83.7 Å². The molecule has 26 heavy (non-hydrogen) atoms. The Morgan fingerprint density at radius 3 is 1.54 bits per heavy atom. The second-order valence-electron chi connectivity index (χ2n) is 8.54. The van der Waals surface area contributed by atoms with E-state index in [0.29, 0.717) is 12.2 Å². The van der Waals surface area contributed by atoms with Gasteiger partial charge in [-0.25, -0.2) is 0 Å². The minimum Gasteiger partial charge on any atom is -0.375 e. The quantitative estimate of drug-likeness (QED) is 0.517. The Morgan fingerprint density at radius 1 is 0.769 bits per heavy atom. The first-order valence-electron chi connectivity index (χ1n) is 11.9. The molecule has 3 fully saturated rings. The highest BCUT2D eigenvalue weighted by atomic mass is 16.5. The van der Waals surface area contributed by atoms with Gasteiger partial charge in [0.25, 0.3) is 0 Å². The van der Waals surface area contributed by atoms with Gasteiger partial charge in [-0.15, -0.1) is 0 Å². The van der Waals surface area contributed by atoms with Gasteiger partial charge >= 0.3 is 0 Å². The van der Waals surface area contributed by atoms with E-state index >= 15 is 0 Å². The fourth-order valence-corrected chi connectivity index (χ4v) is 3.68.